The Labute approximate surface area is 681 Å². The van der Waals surface area contributed by atoms with E-state index in [9.17, 15) is 72.3 Å². The lowest BCUT2D eigenvalue weighted by molar-refractivity contribution is -0.167. The second-order valence-corrected chi connectivity index (χ2v) is 30.2. The molecular weight excluding hydrogens is 1540 g/mol. The maximum atomic E-state index is 14.9. The fourth-order valence-corrected chi connectivity index (χ4v) is 15.0. The van der Waals surface area contributed by atoms with Gasteiger partial charge < -0.3 is 70.4 Å². The van der Waals surface area contributed by atoms with Crippen LogP contribution in [0.15, 0.2) is 177 Å². The summed E-state index contributed by atoms with van der Waals surface area (Å²) in [6.45, 7) is -3.33. The van der Waals surface area contributed by atoms with Gasteiger partial charge in [0.15, 0.2) is 30.7 Å². The number of likely N-dealkylation sites (tertiary alicyclic amines) is 3. The van der Waals surface area contributed by atoms with Gasteiger partial charge in [0.25, 0.3) is 11.8 Å². The second kappa shape index (κ2) is 37.1. The number of aliphatic hydroxyl groups is 5. The lowest BCUT2D eigenvalue weighted by Crippen LogP contribution is -2.57. The molecule has 6 aromatic carbocycles. The van der Waals surface area contributed by atoms with Crippen LogP contribution in [0.5, 0.6) is 17.2 Å². The molecule has 6 heterocycles. The second-order valence-electron chi connectivity index (χ2n) is 30.2. The van der Waals surface area contributed by atoms with Crippen molar-refractivity contribution >= 4 is 52.5 Å². The van der Waals surface area contributed by atoms with Gasteiger partial charge in [-0.3, -0.25) is 43.1 Å². The minimum absolute atomic E-state index is 0.0178. The van der Waals surface area contributed by atoms with Crippen LogP contribution in [-0.4, -0.2) is 208 Å². The number of alkyl halides is 4. The minimum Gasteiger partial charge on any atom is -0.486 e. The molecule has 3 aliphatic carbocycles. The number of benzene rings is 6. The number of ether oxygens (including phenoxy) is 3. The molecule has 3 saturated carbocycles. The molecule has 3 aromatic heterocycles. The number of nitrogens with one attached hydrogen (secondary N) is 3. The number of rotatable bonds is 23. The highest BCUT2D eigenvalue weighted by Crippen LogP contribution is 2.50. The number of piperidine rings is 3. The first kappa shape index (κ1) is 84.0. The van der Waals surface area contributed by atoms with Gasteiger partial charge in [-0.15, -0.1) is 0 Å². The van der Waals surface area contributed by atoms with E-state index in [2.05, 4.69) is 43.3 Å². The van der Waals surface area contributed by atoms with Gasteiger partial charge in [-0.25, -0.2) is 17.6 Å². The highest BCUT2D eigenvalue weighted by atomic mass is 19.3. The first-order valence-electron chi connectivity index (χ1n) is 38.8. The Morgan fingerprint density at radius 2 is 0.899 bits per heavy atom. The van der Waals surface area contributed by atoms with Crippen LogP contribution in [0.2, 0.25) is 0 Å². The number of hydrogen-bond acceptors (Lipinski definition) is 20. The van der Waals surface area contributed by atoms with Crippen molar-refractivity contribution in [3.63, 3.8) is 0 Å². The molecule has 3 saturated heterocycles. The Hall–Kier alpha value is -12.9. The van der Waals surface area contributed by atoms with Crippen LogP contribution in [0.25, 0.3) is 33.4 Å². The number of hydrogen-bond donors (Lipinski definition) is 8. The van der Waals surface area contributed by atoms with E-state index in [1.165, 1.54) is 17.0 Å². The summed E-state index contributed by atoms with van der Waals surface area (Å²) in [7, 11) is 3.68. The number of halogens is 4. The maximum absolute atomic E-state index is 14.9. The summed E-state index contributed by atoms with van der Waals surface area (Å²) in [5.74, 6) is -5.17. The van der Waals surface area contributed by atoms with E-state index in [1.807, 2.05) is 99.3 Å². The molecule has 119 heavy (non-hydrogen) atoms. The fourth-order valence-electron chi connectivity index (χ4n) is 15.0. The zero-order chi connectivity index (χ0) is 84.3. The first-order valence-corrected chi connectivity index (χ1v) is 38.8. The molecule has 0 unspecified atom stereocenters. The molecule has 0 spiro atoms. The van der Waals surface area contributed by atoms with Crippen LogP contribution < -0.4 is 30.2 Å². The molecule has 6 fully saturated rings. The monoisotopic (exact) mass is 1630 g/mol. The zero-order valence-electron chi connectivity index (χ0n) is 64.7. The summed E-state index contributed by atoms with van der Waals surface area (Å²) in [5.41, 5.74) is 10.0. The average molecular weight is 1630 g/mol. The molecule has 28 nitrogen and oxygen atoms in total. The van der Waals surface area contributed by atoms with Crippen molar-refractivity contribution in [2.45, 2.75) is 105 Å². The van der Waals surface area contributed by atoms with Crippen LogP contribution in [0, 0.1) is 51.7 Å². The number of amides is 6. The summed E-state index contributed by atoms with van der Waals surface area (Å²) in [6.07, 6.45) is 3.88. The van der Waals surface area contributed by atoms with Crippen molar-refractivity contribution in [2.24, 2.45) is 31.8 Å². The van der Waals surface area contributed by atoms with Gasteiger partial charge in [0.05, 0.1) is 61.9 Å². The van der Waals surface area contributed by atoms with E-state index in [4.69, 9.17) is 29.5 Å². The van der Waals surface area contributed by atoms with Crippen molar-refractivity contribution in [3.8, 4) is 68.8 Å². The van der Waals surface area contributed by atoms with E-state index in [-0.39, 0.29) is 139 Å². The summed E-state index contributed by atoms with van der Waals surface area (Å²) in [6, 6.07) is 46.7. The summed E-state index contributed by atoms with van der Waals surface area (Å²) < 4.78 is 79.9. The number of carbonyl (C=O) groups excluding carboxylic acids is 6. The first-order chi connectivity index (χ1) is 57.3. The molecule has 616 valence electrons. The molecule has 3 aliphatic heterocycles. The zero-order valence-corrected chi connectivity index (χ0v) is 64.7. The smallest absolute Gasteiger partial charge is 0.301 e. The van der Waals surface area contributed by atoms with Crippen molar-refractivity contribution in [1.82, 2.24) is 39.2 Å². The molecule has 6 amide bonds. The maximum Gasteiger partial charge on any atom is 0.301 e. The summed E-state index contributed by atoms with van der Waals surface area (Å²) in [5, 5.41) is 92.4. The largest absolute Gasteiger partial charge is 0.486 e. The van der Waals surface area contributed by atoms with E-state index >= 15 is 0 Å². The molecule has 0 bridgehead atoms. The number of aromatic nitrogens is 5. The fraction of sp³-hybridized carbons (Fsp3) is 0.356. The third-order valence-corrected chi connectivity index (χ3v) is 21.8. The predicted octanol–water partition coefficient (Wildman–Crippen LogP) is 8.71. The van der Waals surface area contributed by atoms with Gasteiger partial charge in [0, 0.05) is 113 Å². The lowest BCUT2D eigenvalue weighted by Gasteiger charge is -2.38. The van der Waals surface area contributed by atoms with Crippen LogP contribution in [-0.2, 0) is 42.9 Å². The van der Waals surface area contributed by atoms with Gasteiger partial charge >= 0.3 is 5.92 Å². The number of anilines is 3. The molecule has 8 N–H and O–H groups in total. The topological polar surface area (TPSA) is 397 Å². The molecular formula is C87H86F4N14O14. The Morgan fingerprint density at radius 1 is 0.504 bits per heavy atom. The highest BCUT2D eigenvalue weighted by Gasteiger charge is 2.50. The van der Waals surface area contributed by atoms with Crippen LogP contribution in [0.3, 0.4) is 0 Å². The number of nitriles is 3. The molecule has 6 aliphatic rings. The van der Waals surface area contributed by atoms with Crippen molar-refractivity contribution in [2.75, 3.05) is 75.0 Å². The predicted molar refractivity (Wildman–Crippen MR) is 424 cm³/mol. The Kier molecular flexibility index (Phi) is 26.2. The van der Waals surface area contributed by atoms with Crippen molar-refractivity contribution in [3.05, 3.63) is 210 Å². The van der Waals surface area contributed by atoms with Crippen molar-refractivity contribution < 1.29 is 86.1 Å². The third-order valence-electron chi connectivity index (χ3n) is 21.8. The van der Waals surface area contributed by atoms with Gasteiger partial charge in [-0.2, -0.15) is 26.0 Å². The van der Waals surface area contributed by atoms with E-state index < -0.39 is 92.9 Å². The Bertz CT molecular complexity index is 5360. The number of carbonyl (C=O) groups is 6. The minimum atomic E-state index is -3.45. The highest BCUT2D eigenvalue weighted by molar-refractivity contribution is 5.98. The molecule has 32 heteroatoms. The standard InChI is InChI=1S/C29H29F2N5O5.C29H30FN5O5.C29H27FN4O4/c1-35-14-20(13-33-35)22-11-23(22)27(39)34-21-4-2-3-17(10-21)18-5-6-25(19(9-18)12-32)41-26-7-8-36(16-29(26,30)31)28(40)24(38)15-37;1-34-14-20(13-32-34)22-11-23(22)28(38)33-21-4-2-3-17(10-21)18-5-6-26(19(9-18)12-31)40-27-7-8-35(15-24(27)30)29(39)25(37)16-36;30-25-16-34(28(36)17-35)10-8-27(25)38-26-7-6-19(11-21(26)14-31)18-3-1-5-22(12-18)33-29(37)24-13-23(24)20-4-2-9-32-15-20/h2-6,9-10,13-14,22-24,26,37-38H,7-8,11,15-16H2,1H3,(H,34,39);2-6,9-10,13-14,22-25,27,36-37H,7-8,11,15-16H2,1H3,(H,33,38);1-7,9,11-12,15,23-25,27,35H,8,10,13,16-17H2,(H,33,37)/t22-,23+,24-,26-;22-,23+,24+,25-,27-;23-,24+,25-,27+/m001/s1. The van der Waals surface area contributed by atoms with Gasteiger partial charge in [-0.05, 0) is 166 Å². The van der Waals surface area contributed by atoms with Crippen LogP contribution >= 0.6 is 0 Å². The third kappa shape index (κ3) is 20.4. The Balaban J connectivity index is 0.000000155. The average Bonchev–Trinajstić information content (AvgIpc) is 1.68. The van der Waals surface area contributed by atoms with Gasteiger partial charge in [-0.1, -0.05) is 60.7 Å². The van der Waals surface area contributed by atoms with Crippen LogP contribution in [0.1, 0.15) is 89.7 Å². The summed E-state index contributed by atoms with van der Waals surface area (Å²) in [4.78, 5) is 81.5. The lowest BCUT2D eigenvalue weighted by atomic mass is 10.0. The molecule has 0 radical (unpaired) electrons. The van der Waals surface area contributed by atoms with E-state index in [1.54, 1.807) is 94.8 Å². The molecule has 9 aromatic rings. The summed E-state index contributed by atoms with van der Waals surface area (Å²) >= 11 is 0. The van der Waals surface area contributed by atoms with E-state index in [0.717, 1.165) is 68.0 Å². The quantitative estimate of drug-likeness (QED) is 0.0277. The SMILES string of the molecule is Cn1cc([C@@H]2C[C@H]2C(=O)Nc2cccc(-c3ccc(O[C@H]4CCN(C(=O)[C@@H](O)CO)CC4(F)F)c(C#N)c3)c2)cn1.Cn1cc([C@@H]2C[C@H]2C(=O)Nc2cccc(-c3ccc(O[C@H]4CCN(C(=O)[C@@H](O)CO)C[C@H]4F)c(C#N)c3)c2)cn1.N#Cc1cc(-c2cccc(NC(=O)[C@H]3C[C@@H]3c3cccnc3)c2)ccc1O[C@H]1CCN(C(=O)CO)C[C@H]1F. The van der Waals surface area contributed by atoms with Gasteiger partial charge in [0.2, 0.25) is 23.6 Å². The van der Waals surface area contributed by atoms with Crippen molar-refractivity contribution in [1.29, 1.82) is 15.8 Å². The normalized spacial score (nSPS) is 22.3. The van der Waals surface area contributed by atoms with E-state index in [0.29, 0.717) is 28.2 Å². The number of pyridine rings is 1. The number of aryl methyl sites for hydroxylation is 2. The molecule has 13 atom stereocenters. The Morgan fingerprint density at radius 3 is 1.28 bits per heavy atom. The number of aliphatic hydroxyl groups excluding tert-OH is 5. The number of nitrogens with zero attached hydrogens (tertiary/aromatic N) is 11. The van der Waals surface area contributed by atoms with Crippen LogP contribution in [0.4, 0.5) is 34.6 Å². The molecule has 15 rings (SSSR count). The van der Waals surface area contributed by atoms with Gasteiger partial charge in [0.1, 0.15) is 54.3 Å².